The van der Waals surface area contributed by atoms with Crippen molar-refractivity contribution in [3.8, 4) is 22.6 Å². The van der Waals surface area contributed by atoms with Crippen LogP contribution in [0, 0.1) is 6.57 Å². The van der Waals surface area contributed by atoms with E-state index >= 15 is 0 Å². The molecule has 4 heteroatoms. The first-order chi connectivity index (χ1) is 14.7. The zero-order valence-corrected chi connectivity index (χ0v) is 17.1. The van der Waals surface area contributed by atoms with Crippen LogP contribution in [-0.4, -0.2) is 12.6 Å². The Balaban J connectivity index is 1.55. The van der Waals surface area contributed by atoms with Crippen LogP contribution in [-0.2, 0) is 0 Å². The molecule has 0 bridgehead atoms. The molecule has 0 amide bonds. The van der Waals surface area contributed by atoms with Gasteiger partial charge in [0.2, 0.25) is 0 Å². The van der Waals surface area contributed by atoms with Gasteiger partial charge >= 0.3 is 5.97 Å². The summed E-state index contributed by atoms with van der Waals surface area (Å²) in [5.74, 6) is 0.912. The highest BCUT2D eigenvalue weighted by Crippen LogP contribution is 2.25. The second-order valence-electron chi connectivity index (χ2n) is 7.01. The zero-order valence-electron chi connectivity index (χ0n) is 17.1. The Labute approximate surface area is 177 Å². The number of benzene rings is 3. The summed E-state index contributed by atoms with van der Waals surface area (Å²) < 4.78 is 11.2. The molecule has 3 rings (SSSR count). The largest absolute Gasteiger partial charge is 0.494 e. The van der Waals surface area contributed by atoms with Gasteiger partial charge in [-0.05, 0) is 41.8 Å². The fraction of sp³-hybridized carbons (Fsp3) is 0.231. The molecule has 0 fully saturated rings. The summed E-state index contributed by atoms with van der Waals surface area (Å²) in [4.78, 5) is 15.6. The zero-order chi connectivity index (χ0) is 21.2. The molecule has 0 aliphatic rings. The minimum Gasteiger partial charge on any atom is -0.494 e. The van der Waals surface area contributed by atoms with Crippen LogP contribution in [0.15, 0.2) is 72.8 Å². The van der Waals surface area contributed by atoms with E-state index in [2.05, 4.69) is 11.8 Å². The van der Waals surface area contributed by atoms with Crippen molar-refractivity contribution in [1.82, 2.24) is 0 Å². The van der Waals surface area contributed by atoms with Crippen LogP contribution < -0.4 is 9.47 Å². The number of ether oxygens (including phenoxy) is 2. The third-order valence-corrected chi connectivity index (χ3v) is 4.75. The molecule has 0 spiro atoms. The minimum absolute atomic E-state index is 0.414. The van der Waals surface area contributed by atoms with Crippen LogP contribution in [0.5, 0.6) is 11.5 Å². The van der Waals surface area contributed by atoms with Gasteiger partial charge in [-0.1, -0.05) is 74.7 Å². The Hall–Kier alpha value is -3.58. The van der Waals surface area contributed by atoms with E-state index in [-0.39, 0.29) is 0 Å². The molecule has 0 unspecified atom stereocenters. The Bertz CT molecular complexity index is 984. The number of hydrogen-bond donors (Lipinski definition) is 0. The molecule has 0 heterocycles. The van der Waals surface area contributed by atoms with E-state index in [0.717, 1.165) is 29.9 Å². The van der Waals surface area contributed by atoms with E-state index in [4.69, 9.17) is 16.0 Å². The highest BCUT2D eigenvalue weighted by Gasteiger charge is 2.09. The number of unbranched alkanes of at least 4 members (excludes halogenated alkanes) is 3. The fourth-order valence-corrected chi connectivity index (χ4v) is 3.02. The highest BCUT2D eigenvalue weighted by molar-refractivity contribution is 5.91. The van der Waals surface area contributed by atoms with E-state index in [9.17, 15) is 4.79 Å². The lowest BCUT2D eigenvalue weighted by atomic mass is 10.1. The SMILES string of the molecule is [C-]#[N+]c1ccc(C(=O)Oc2ccc(-c3ccc(OCCCCCC)cc3)cc2)cc1. The molecule has 0 atom stereocenters. The lowest BCUT2D eigenvalue weighted by Crippen LogP contribution is -2.07. The van der Waals surface area contributed by atoms with Crippen molar-refractivity contribution in [2.75, 3.05) is 6.61 Å². The third kappa shape index (κ3) is 5.96. The molecule has 3 aromatic rings. The smallest absolute Gasteiger partial charge is 0.343 e. The fourth-order valence-electron chi connectivity index (χ4n) is 3.02. The Morgan fingerprint density at radius 3 is 1.97 bits per heavy atom. The molecule has 0 aliphatic carbocycles. The molecule has 0 aliphatic heterocycles. The summed E-state index contributed by atoms with van der Waals surface area (Å²) in [5, 5.41) is 0. The van der Waals surface area contributed by atoms with E-state index in [1.807, 2.05) is 36.4 Å². The van der Waals surface area contributed by atoms with Gasteiger partial charge < -0.3 is 9.47 Å². The Morgan fingerprint density at radius 2 is 1.40 bits per heavy atom. The van der Waals surface area contributed by atoms with E-state index in [0.29, 0.717) is 17.0 Å². The normalized spacial score (nSPS) is 10.3. The third-order valence-electron chi connectivity index (χ3n) is 4.75. The van der Waals surface area contributed by atoms with Gasteiger partial charge in [0.05, 0.1) is 18.7 Å². The first kappa shape index (κ1) is 21.1. The first-order valence-electron chi connectivity index (χ1n) is 10.2. The molecular formula is C26H25NO3. The van der Waals surface area contributed by atoms with Crippen molar-refractivity contribution in [1.29, 1.82) is 0 Å². The number of carbonyl (C=O) groups excluding carboxylic acids is 1. The predicted molar refractivity (Wildman–Crippen MR) is 119 cm³/mol. The molecule has 0 aromatic heterocycles. The maximum atomic E-state index is 12.2. The van der Waals surface area contributed by atoms with Gasteiger partial charge in [0.15, 0.2) is 5.69 Å². The number of carbonyl (C=O) groups is 1. The van der Waals surface area contributed by atoms with Gasteiger partial charge in [-0.2, -0.15) is 0 Å². The summed E-state index contributed by atoms with van der Waals surface area (Å²) in [5.41, 5.74) is 3.01. The number of esters is 1. The predicted octanol–water partition coefficient (Wildman–Crippen LogP) is 7.08. The molecule has 0 saturated heterocycles. The van der Waals surface area contributed by atoms with Gasteiger partial charge in [0.1, 0.15) is 11.5 Å². The molecule has 4 nitrogen and oxygen atoms in total. The molecule has 3 aromatic carbocycles. The average Bonchev–Trinajstić information content (AvgIpc) is 2.80. The Kier molecular flexibility index (Phi) is 7.63. The van der Waals surface area contributed by atoms with Gasteiger partial charge in [0, 0.05) is 0 Å². The first-order valence-corrected chi connectivity index (χ1v) is 10.2. The van der Waals surface area contributed by atoms with E-state index in [1.54, 1.807) is 36.4 Å². The van der Waals surface area contributed by atoms with Crippen molar-refractivity contribution in [2.24, 2.45) is 0 Å². The Morgan fingerprint density at radius 1 is 0.800 bits per heavy atom. The summed E-state index contributed by atoms with van der Waals surface area (Å²) >= 11 is 0. The second kappa shape index (κ2) is 10.8. The molecular weight excluding hydrogens is 374 g/mol. The van der Waals surface area contributed by atoms with Crippen LogP contribution in [0.2, 0.25) is 0 Å². The van der Waals surface area contributed by atoms with Gasteiger partial charge in [-0.15, -0.1) is 0 Å². The van der Waals surface area contributed by atoms with Gasteiger partial charge in [-0.3, -0.25) is 0 Å². The maximum Gasteiger partial charge on any atom is 0.343 e. The van der Waals surface area contributed by atoms with Crippen LogP contribution in [0.25, 0.3) is 16.0 Å². The summed E-state index contributed by atoms with van der Waals surface area (Å²) in [6.45, 7) is 9.91. The molecule has 0 saturated carbocycles. The lowest BCUT2D eigenvalue weighted by Gasteiger charge is -2.08. The minimum atomic E-state index is -0.445. The van der Waals surface area contributed by atoms with Crippen LogP contribution in [0.4, 0.5) is 5.69 Å². The molecule has 0 radical (unpaired) electrons. The van der Waals surface area contributed by atoms with Crippen LogP contribution in [0.1, 0.15) is 43.0 Å². The molecule has 30 heavy (non-hydrogen) atoms. The molecule has 0 N–H and O–H groups in total. The number of nitrogens with zero attached hydrogens (tertiary/aromatic N) is 1. The topological polar surface area (TPSA) is 39.9 Å². The van der Waals surface area contributed by atoms with Crippen LogP contribution in [0.3, 0.4) is 0 Å². The van der Waals surface area contributed by atoms with Gasteiger partial charge in [0.25, 0.3) is 0 Å². The second-order valence-corrected chi connectivity index (χ2v) is 7.01. The van der Waals surface area contributed by atoms with Crippen molar-refractivity contribution in [3.05, 3.63) is 89.8 Å². The van der Waals surface area contributed by atoms with Crippen LogP contribution >= 0.6 is 0 Å². The lowest BCUT2D eigenvalue weighted by molar-refractivity contribution is 0.0735. The van der Waals surface area contributed by atoms with Crippen molar-refractivity contribution in [3.63, 3.8) is 0 Å². The maximum absolute atomic E-state index is 12.2. The molecule has 152 valence electrons. The van der Waals surface area contributed by atoms with Crippen molar-refractivity contribution in [2.45, 2.75) is 32.6 Å². The number of hydrogen-bond acceptors (Lipinski definition) is 3. The van der Waals surface area contributed by atoms with E-state index in [1.165, 1.54) is 19.3 Å². The monoisotopic (exact) mass is 399 g/mol. The average molecular weight is 399 g/mol. The van der Waals surface area contributed by atoms with Gasteiger partial charge in [-0.25, -0.2) is 9.64 Å². The van der Waals surface area contributed by atoms with Crippen molar-refractivity contribution >= 4 is 11.7 Å². The van der Waals surface area contributed by atoms with Crippen molar-refractivity contribution < 1.29 is 14.3 Å². The number of rotatable bonds is 9. The highest BCUT2D eigenvalue weighted by atomic mass is 16.5. The summed E-state index contributed by atoms with van der Waals surface area (Å²) in [7, 11) is 0. The standard InChI is InChI=1S/C26H25NO3/c1-3-4-5-6-19-29-24-15-9-20(10-16-24)21-11-17-25(18-12-21)30-26(28)22-7-13-23(27-2)14-8-22/h7-18H,3-6,19H2,1H3. The summed E-state index contributed by atoms with van der Waals surface area (Å²) in [6, 6.07) is 21.8. The van der Waals surface area contributed by atoms with E-state index < -0.39 is 5.97 Å². The summed E-state index contributed by atoms with van der Waals surface area (Å²) in [6.07, 6.45) is 4.77. The quantitative estimate of drug-likeness (QED) is 0.167.